The normalized spacial score (nSPS) is 30.0. The number of halogens is 3. The van der Waals surface area contributed by atoms with E-state index in [1.165, 1.54) is 0 Å². The minimum absolute atomic E-state index is 0.321. The van der Waals surface area contributed by atoms with E-state index >= 15 is 0 Å². The first kappa shape index (κ1) is 11.4. The Labute approximate surface area is 81.8 Å². The Kier molecular flexibility index (Phi) is 4.12. The minimum Gasteiger partial charge on any atom is -0.346 e. The second kappa shape index (κ2) is 4.70. The molecule has 1 fully saturated rings. The molecule has 0 saturated carbocycles. The van der Waals surface area contributed by atoms with Crippen LogP contribution in [0.3, 0.4) is 0 Å². The highest BCUT2D eigenvalue weighted by molar-refractivity contribution is 6.74. The van der Waals surface area contributed by atoms with Crippen molar-refractivity contribution in [3.63, 3.8) is 0 Å². The van der Waals surface area contributed by atoms with E-state index in [0.717, 1.165) is 0 Å². The van der Waals surface area contributed by atoms with Crippen molar-refractivity contribution < 1.29 is 13.2 Å². The average molecular weight is 245 g/mol. The summed E-state index contributed by atoms with van der Waals surface area (Å²) in [6.07, 6.45) is -4.60. The van der Waals surface area contributed by atoms with E-state index in [1.54, 1.807) is 0 Å². The number of nitrogens with zero attached hydrogens (tertiary/aromatic N) is 1. The zero-order valence-corrected chi connectivity index (χ0v) is 11.5. The molecule has 0 spiro atoms. The maximum atomic E-state index is 11.9. The third-order valence-electron chi connectivity index (χ3n) is 2.06. The number of alkyl halides is 3. The van der Waals surface area contributed by atoms with E-state index < -0.39 is 41.4 Å². The van der Waals surface area contributed by atoms with Crippen molar-refractivity contribution in [3.8, 4) is 0 Å². The Bertz CT molecular complexity index is 166. The quantitative estimate of drug-likeness (QED) is 0.567. The van der Waals surface area contributed by atoms with Gasteiger partial charge in [-0.15, -0.1) is 0 Å². The molecule has 1 aliphatic heterocycles. The van der Waals surface area contributed by atoms with Crippen molar-refractivity contribution in [2.75, 3.05) is 7.05 Å². The molecule has 0 radical (unpaired) electrons. The highest BCUT2D eigenvalue weighted by Crippen LogP contribution is 2.22. The lowest BCUT2D eigenvalue weighted by atomic mass is 10.5. The Balaban J connectivity index is 2.27. The summed E-state index contributed by atoms with van der Waals surface area (Å²) in [6.45, 7) is 0. The molecule has 1 heterocycles. The standard InChI is InChI=1S/C4H14F3N3Si3/c1-10-12-8-11-9-13(10)3-2-4(5,6)7/h8-9,13H,2-3,11-12H2,1H3. The van der Waals surface area contributed by atoms with Crippen molar-refractivity contribution >= 4 is 28.8 Å². The van der Waals surface area contributed by atoms with Crippen LogP contribution in [0.15, 0.2) is 0 Å². The Morgan fingerprint density at radius 2 is 2.15 bits per heavy atom. The van der Waals surface area contributed by atoms with Crippen LogP contribution in [0.4, 0.5) is 13.2 Å². The van der Waals surface area contributed by atoms with Gasteiger partial charge in [0.05, 0.1) is 0 Å². The largest absolute Gasteiger partial charge is 0.388 e. The Hall–Kier alpha value is 0.321. The molecule has 78 valence electrons. The number of rotatable bonds is 2. The van der Waals surface area contributed by atoms with Gasteiger partial charge in [-0.1, -0.05) is 0 Å². The van der Waals surface area contributed by atoms with Crippen LogP contribution in [0.2, 0.25) is 6.04 Å². The van der Waals surface area contributed by atoms with Gasteiger partial charge in [0.2, 0.25) is 0 Å². The van der Waals surface area contributed by atoms with Crippen LogP contribution in [0, 0.1) is 0 Å². The summed E-state index contributed by atoms with van der Waals surface area (Å²) >= 11 is 0. The summed E-state index contributed by atoms with van der Waals surface area (Å²) in [5.74, 6) is 0. The van der Waals surface area contributed by atoms with Gasteiger partial charge in [0, 0.05) is 6.42 Å². The molecule has 0 aliphatic carbocycles. The van der Waals surface area contributed by atoms with Gasteiger partial charge in [-0.2, -0.15) is 13.2 Å². The molecular formula is C4H14F3N3Si3. The van der Waals surface area contributed by atoms with E-state index in [1.807, 2.05) is 7.05 Å². The topological polar surface area (TPSA) is 27.3 Å². The smallest absolute Gasteiger partial charge is 0.346 e. The van der Waals surface area contributed by atoms with Gasteiger partial charge in [0.1, 0.15) is 0 Å². The molecule has 0 aromatic heterocycles. The molecule has 1 saturated heterocycles. The van der Waals surface area contributed by atoms with E-state index in [-0.39, 0.29) is 0 Å². The van der Waals surface area contributed by atoms with Gasteiger partial charge in [-0.3, -0.25) is 0 Å². The zero-order chi connectivity index (χ0) is 9.90. The first-order chi connectivity index (χ1) is 5.99. The highest BCUT2D eigenvalue weighted by atomic mass is 28.4. The summed E-state index contributed by atoms with van der Waals surface area (Å²) in [5.41, 5.74) is 0. The molecule has 1 unspecified atom stereocenters. The van der Waals surface area contributed by atoms with E-state index in [2.05, 4.69) is 13.5 Å². The predicted octanol–water partition coefficient (Wildman–Crippen LogP) is -1.72. The predicted molar refractivity (Wildman–Crippen MR) is 53.8 cm³/mol. The SMILES string of the molecule is CN1[SiH2]N[SiH2]N[SiH]1CCC(F)(F)F. The molecule has 0 aromatic rings. The van der Waals surface area contributed by atoms with Crippen LogP contribution in [-0.4, -0.2) is 46.3 Å². The number of hydrogen-bond acceptors (Lipinski definition) is 3. The van der Waals surface area contributed by atoms with E-state index in [0.29, 0.717) is 6.04 Å². The lowest BCUT2D eigenvalue weighted by Crippen LogP contribution is -2.63. The third-order valence-corrected chi connectivity index (χ3v) is 10.9. The summed E-state index contributed by atoms with van der Waals surface area (Å²) < 4.78 is 44.5. The molecule has 13 heavy (non-hydrogen) atoms. The number of nitrogens with one attached hydrogen (secondary N) is 2. The van der Waals surface area contributed by atoms with Gasteiger partial charge in [0.15, 0.2) is 28.8 Å². The van der Waals surface area contributed by atoms with Gasteiger partial charge in [-0.05, 0) is 13.1 Å². The second-order valence-electron chi connectivity index (χ2n) is 3.22. The Morgan fingerprint density at radius 1 is 1.46 bits per heavy atom. The molecule has 0 aromatic carbocycles. The molecule has 2 N–H and O–H groups in total. The molecule has 9 heteroatoms. The molecule has 1 atom stereocenters. The van der Waals surface area contributed by atoms with Crippen molar-refractivity contribution in [1.82, 2.24) is 13.5 Å². The zero-order valence-electron chi connectivity index (χ0n) is 7.49. The van der Waals surface area contributed by atoms with Crippen molar-refractivity contribution in [1.29, 1.82) is 0 Å². The molecular weight excluding hydrogens is 231 g/mol. The maximum Gasteiger partial charge on any atom is 0.388 e. The van der Waals surface area contributed by atoms with Crippen LogP contribution in [0.5, 0.6) is 0 Å². The fraction of sp³-hybridized carbons (Fsp3) is 1.00. The Morgan fingerprint density at radius 3 is 2.69 bits per heavy atom. The lowest BCUT2D eigenvalue weighted by molar-refractivity contribution is -0.130. The summed E-state index contributed by atoms with van der Waals surface area (Å²) in [5, 5.41) is 0. The first-order valence-electron chi connectivity index (χ1n) is 4.20. The van der Waals surface area contributed by atoms with E-state index in [4.69, 9.17) is 0 Å². The lowest BCUT2D eigenvalue weighted by Gasteiger charge is -2.32. The molecule has 0 bridgehead atoms. The summed E-state index contributed by atoms with van der Waals surface area (Å²) in [4.78, 5) is 0. The van der Waals surface area contributed by atoms with Crippen molar-refractivity contribution in [2.24, 2.45) is 0 Å². The molecule has 1 aliphatic rings. The summed E-state index contributed by atoms with van der Waals surface area (Å²) in [6, 6.07) is 0.321. The van der Waals surface area contributed by atoms with Crippen LogP contribution in [0.1, 0.15) is 6.42 Å². The van der Waals surface area contributed by atoms with Crippen LogP contribution in [-0.2, 0) is 0 Å². The fourth-order valence-electron chi connectivity index (χ4n) is 1.31. The van der Waals surface area contributed by atoms with Gasteiger partial charge < -0.3 is 13.5 Å². The molecule has 1 rings (SSSR count). The maximum absolute atomic E-state index is 11.9. The fourth-order valence-corrected chi connectivity index (χ4v) is 12.8. The molecule has 3 nitrogen and oxygen atoms in total. The minimum atomic E-state index is -3.98. The third kappa shape index (κ3) is 4.37. The average Bonchev–Trinajstić information content (AvgIpc) is 2.01. The van der Waals surface area contributed by atoms with Crippen LogP contribution < -0.4 is 9.30 Å². The van der Waals surface area contributed by atoms with Gasteiger partial charge >= 0.3 is 6.18 Å². The highest BCUT2D eigenvalue weighted by Gasteiger charge is 2.30. The summed E-state index contributed by atoms with van der Waals surface area (Å²) in [7, 11) is -0.280. The van der Waals surface area contributed by atoms with Crippen molar-refractivity contribution in [2.45, 2.75) is 18.6 Å². The van der Waals surface area contributed by atoms with E-state index in [9.17, 15) is 13.2 Å². The number of hydrogen-bond donors (Lipinski definition) is 2. The van der Waals surface area contributed by atoms with Gasteiger partial charge in [0.25, 0.3) is 0 Å². The van der Waals surface area contributed by atoms with Crippen LogP contribution >= 0.6 is 0 Å². The van der Waals surface area contributed by atoms with Gasteiger partial charge in [-0.25, -0.2) is 0 Å². The van der Waals surface area contributed by atoms with Crippen molar-refractivity contribution in [3.05, 3.63) is 0 Å². The second-order valence-corrected chi connectivity index (χ2v) is 11.7. The first-order valence-corrected chi connectivity index (χ1v) is 8.86. The monoisotopic (exact) mass is 245 g/mol. The molecule has 0 amide bonds. The van der Waals surface area contributed by atoms with Crippen LogP contribution in [0.25, 0.3) is 0 Å².